The summed E-state index contributed by atoms with van der Waals surface area (Å²) >= 11 is 1.10. The zero-order valence-corrected chi connectivity index (χ0v) is 11.3. The number of hydrogen-bond acceptors (Lipinski definition) is 5. The first-order valence-electron chi connectivity index (χ1n) is 5.67. The van der Waals surface area contributed by atoms with Crippen LogP contribution in [0.25, 0.3) is 10.6 Å². The molecule has 0 bridgehead atoms. The van der Waals surface area contributed by atoms with Crippen molar-refractivity contribution in [2.24, 2.45) is 5.92 Å². The van der Waals surface area contributed by atoms with Crippen molar-refractivity contribution < 1.29 is 9.18 Å². The Morgan fingerprint density at radius 1 is 1.42 bits per heavy atom. The van der Waals surface area contributed by atoms with E-state index in [1.165, 1.54) is 18.2 Å². The number of aromatic nitrogens is 2. The Kier molecular flexibility index (Phi) is 3.75. The van der Waals surface area contributed by atoms with E-state index in [2.05, 4.69) is 15.5 Å². The number of nitrogens with two attached hydrogens (primary N) is 1. The van der Waals surface area contributed by atoms with Crippen LogP contribution in [0, 0.1) is 11.7 Å². The highest BCUT2D eigenvalue weighted by atomic mass is 32.1. The standard InChI is InChI=1S/C12H13FN4OS/c1-6(2)10(18)15-12-17-16-11(19-12)8-5-7(14)3-4-9(8)13/h3-6H,14H2,1-2H3,(H,15,17,18). The molecule has 100 valence electrons. The molecule has 3 N–H and O–H groups in total. The number of rotatable bonds is 3. The van der Waals surface area contributed by atoms with Gasteiger partial charge in [-0.05, 0) is 18.2 Å². The van der Waals surface area contributed by atoms with Crippen molar-refractivity contribution >= 4 is 28.1 Å². The molecule has 5 nitrogen and oxygen atoms in total. The van der Waals surface area contributed by atoms with Crippen LogP contribution >= 0.6 is 11.3 Å². The molecule has 0 saturated carbocycles. The van der Waals surface area contributed by atoms with E-state index in [4.69, 9.17) is 5.73 Å². The summed E-state index contributed by atoms with van der Waals surface area (Å²) in [4.78, 5) is 11.5. The molecule has 0 fully saturated rings. The maximum Gasteiger partial charge on any atom is 0.228 e. The van der Waals surface area contributed by atoms with Gasteiger partial charge in [-0.25, -0.2) is 4.39 Å². The van der Waals surface area contributed by atoms with E-state index in [0.717, 1.165) is 11.3 Å². The summed E-state index contributed by atoms with van der Waals surface area (Å²) < 4.78 is 13.7. The predicted octanol–water partition coefficient (Wildman–Crippen LogP) is 2.52. The fourth-order valence-electron chi connectivity index (χ4n) is 1.34. The van der Waals surface area contributed by atoms with Gasteiger partial charge in [-0.2, -0.15) is 0 Å². The Labute approximate surface area is 113 Å². The number of nitrogens with zero attached hydrogens (tertiary/aromatic N) is 2. The van der Waals surface area contributed by atoms with E-state index in [1.54, 1.807) is 13.8 Å². The van der Waals surface area contributed by atoms with Crippen LogP contribution in [0.3, 0.4) is 0 Å². The Bertz CT molecular complexity index is 612. The quantitative estimate of drug-likeness (QED) is 0.846. The normalized spacial score (nSPS) is 10.7. The molecular formula is C12H13FN4OS. The van der Waals surface area contributed by atoms with E-state index in [1.807, 2.05) is 0 Å². The summed E-state index contributed by atoms with van der Waals surface area (Å²) in [6, 6.07) is 4.24. The SMILES string of the molecule is CC(C)C(=O)Nc1nnc(-c2cc(N)ccc2F)s1. The lowest BCUT2D eigenvalue weighted by molar-refractivity contribution is -0.118. The van der Waals surface area contributed by atoms with Crippen LogP contribution in [0.15, 0.2) is 18.2 Å². The number of halogens is 1. The van der Waals surface area contributed by atoms with E-state index in [9.17, 15) is 9.18 Å². The zero-order valence-electron chi connectivity index (χ0n) is 10.5. The lowest BCUT2D eigenvalue weighted by Gasteiger charge is -2.02. The molecular weight excluding hydrogens is 267 g/mol. The lowest BCUT2D eigenvalue weighted by atomic mass is 10.2. The van der Waals surface area contributed by atoms with Gasteiger partial charge >= 0.3 is 0 Å². The first kappa shape index (κ1) is 13.4. The number of carbonyl (C=O) groups is 1. The molecule has 0 aliphatic rings. The summed E-state index contributed by atoms with van der Waals surface area (Å²) in [5.74, 6) is -0.737. The van der Waals surface area contributed by atoms with Crippen LogP contribution in [0.1, 0.15) is 13.8 Å². The summed E-state index contributed by atoms with van der Waals surface area (Å²) in [5, 5.41) is 11.0. The molecule has 1 heterocycles. The summed E-state index contributed by atoms with van der Waals surface area (Å²) in [5.41, 5.74) is 6.34. The van der Waals surface area contributed by atoms with Crippen LogP contribution in [0.2, 0.25) is 0 Å². The topological polar surface area (TPSA) is 80.9 Å². The van der Waals surface area contributed by atoms with Crippen molar-refractivity contribution in [3.63, 3.8) is 0 Å². The minimum Gasteiger partial charge on any atom is -0.399 e. The number of nitrogens with one attached hydrogen (secondary N) is 1. The highest BCUT2D eigenvalue weighted by molar-refractivity contribution is 7.18. The molecule has 0 spiro atoms. The van der Waals surface area contributed by atoms with Gasteiger partial charge in [-0.15, -0.1) is 10.2 Å². The van der Waals surface area contributed by atoms with E-state index >= 15 is 0 Å². The summed E-state index contributed by atoms with van der Waals surface area (Å²) in [7, 11) is 0. The number of carbonyl (C=O) groups excluding carboxylic acids is 1. The molecule has 2 rings (SSSR count). The van der Waals surface area contributed by atoms with Crippen molar-refractivity contribution in [3.8, 4) is 10.6 Å². The molecule has 19 heavy (non-hydrogen) atoms. The molecule has 0 radical (unpaired) electrons. The lowest BCUT2D eigenvalue weighted by Crippen LogP contribution is -2.17. The Hall–Kier alpha value is -2.02. The number of nitrogen functional groups attached to an aromatic ring is 1. The van der Waals surface area contributed by atoms with Crippen molar-refractivity contribution in [1.29, 1.82) is 0 Å². The van der Waals surface area contributed by atoms with Crippen LogP contribution in [-0.4, -0.2) is 16.1 Å². The molecule has 0 aliphatic heterocycles. The average Bonchev–Trinajstić information content (AvgIpc) is 2.80. The van der Waals surface area contributed by atoms with Crippen LogP contribution in [0.5, 0.6) is 0 Å². The fraction of sp³-hybridized carbons (Fsp3) is 0.250. The van der Waals surface area contributed by atoms with E-state index < -0.39 is 5.82 Å². The van der Waals surface area contributed by atoms with E-state index in [-0.39, 0.29) is 17.4 Å². The highest BCUT2D eigenvalue weighted by Crippen LogP contribution is 2.29. The van der Waals surface area contributed by atoms with Gasteiger partial charge in [0.2, 0.25) is 11.0 Å². The zero-order chi connectivity index (χ0) is 14.0. The monoisotopic (exact) mass is 280 g/mol. The summed E-state index contributed by atoms with van der Waals surface area (Å²) in [6.07, 6.45) is 0. The first-order valence-corrected chi connectivity index (χ1v) is 6.49. The Morgan fingerprint density at radius 2 is 2.16 bits per heavy atom. The molecule has 1 amide bonds. The maximum atomic E-state index is 13.7. The predicted molar refractivity (Wildman–Crippen MR) is 73.2 cm³/mol. The average molecular weight is 280 g/mol. The summed E-state index contributed by atoms with van der Waals surface area (Å²) in [6.45, 7) is 3.55. The van der Waals surface area contributed by atoms with Gasteiger partial charge in [0.25, 0.3) is 0 Å². The molecule has 1 aromatic carbocycles. The highest BCUT2D eigenvalue weighted by Gasteiger charge is 2.14. The molecule has 1 aromatic heterocycles. The maximum absolute atomic E-state index is 13.7. The van der Waals surface area contributed by atoms with Crippen molar-refractivity contribution in [2.75, 3.05) is 11.1 Å². The van der Waals surface area contributed by atoms with Gasteiger partial charge in [0.15, 0.2) is 5.01 Å². The van der Waals surface area contributed by atoms with Crippen LogP contribution in [0.4, 0.5) is 15.2 Å². The third kappa shape index (κ3) is 3.05. The Balaban J connectivity index is 2.26. The van der Waals surface area contributed by atoms with E-state index in [0.29, 0.717) is 15.8 Å². The largest absolute Gasteiger partial charge is 0.399 e. The molecule has 0 atom stereocenters. The number of hydrogen-bond donors (Lipinski definition) is 2. The molecule has 0 aliphatic carbocycles. The number of amides is 1. The van der Waals surface area contributed by atoms with Crippen LogP contribution in [-0.2, 0) is 4.79 Å². The second-order valence-electron chi connectivity index (χ2n) is 4.30. The molecule has 0 saturated heterocycles. The minimum absolute atomic E-state index is 0.156. The van der Waals surface area contributed by atoms with Gasteiger partial charge in [0, 0.05) is 11.6 Å². The van der Waals surface area contributed by atoms with Crippen LogP contribution < -0.4 is 11.1 Å². The van der Waals surface area contributed by atoms with Gasteiger partial charge in [-0.1, -0.05) is 25.2 Å². The third-order valence-electron chi connectivity index (χ3n) is 2.40. The second-order valence-corrected chi connectivity index (χ2v) is 5.27. The van der Waals surface area contributed by atoms with Gasteiger partial charge in [0.05, 0.1) is 5.56 Å². The van der Waals surface area contributed by atoms with Crippen molar-refractivity contribution in [1.82, 2.24) is 10.2 Å². The van der Waals surface area contributed by atoms with Gasteiger partial charge in [-0.3, -0.25) is 4.79 Å². The first-order chi connectivity index (χ1) is 8.97. The van der Waals surface area contributed by atoms with Gasteiger partial charge in [0.1, 0.15) is 5.82 Å². The second kappa shape index (κ2) is 5.31. The molecule has 7 heteroatoms. The van der Waals surface area contributed by atoms with Crippen molar-refractivity contribution in [2.45, 2.75) is 13.8 Å². The smallest absolute Gasteiger partial charge is 0.228 e. The number of benzene rings is 1. The minimum atomic E-state index is -0.424. The van der Waals surface area contributed by atoms with Crippen molar-refractivity contribution in [3.05, 3.63) is 24.0 Å². The fourth-order valence-corrected chi connectivity index (χ4v) is 2.10. The number of anilines is 2. The van der Waals surface area contributed by atoms with Gasteiger partial charge < -0.3 is 11.1 Å². The third-order valence-corrected chi connectivity index (χ3v) is 3.27. The molecule has 2 aromatic rings. The Morgan fingerprint density at radius 3 is 2.84 bits per heavy atom. The molecule has 0 unspecified atom stereocenters.